The van der Waals surface area contributed by atoms with Crippen LogP contribution in [0.2, 0.25) is 0 Å². The molecule has 0 aromatic rings. The van der Waals surface area contributed by atoms with E-state index < -0.39 is 57.1 Å². The summed E-state index contributed by atoms with van der Waals surface area (Å²) in [5, 5.41) is -7.95. The molecule has 0 N–H and O–H groups in total. The van der Waals surface area contributed by atoms with Crippen molar-refractivity contribution in [3.05, 3.63) is 0 Å². The molecule has 0 saturated heterocycles. The summed E-state index contributed by atoms with van der Waals surface area (Å²) in [6.07, 6.45) is -7.89. The van der Waals surface area contributed by atoms with Crippen LogP contribution >= 0.6 is 0 Å². The van der Waals surface area contributed by atoms with Crippen molar-refractivity contribution >= 4 is 26.8 Å². The smallest absolute Gasteiger partial charge is 0.460 e. The van der Waals surface area contributed by atoms with Gasteiger partial charge in [-0.15, -0.1) is 0 Å². The number of ketones is 1. The van der Waals surface area contributed by atoms with E-state index in [0.29, 0.717) is 16.7 Å². The maximum Gasteiger partial charge on any atom is 0.460 e. The van der Waals surface area contributed by atoms with Crippen molar-refractivity contribution in [1.29, 1.82) is 0 Å². The fourth-order valence-electron chi connectivity index (χ4n) is 2.08. The third-order valence-electron chi connectivity index (χ3n) is 4.81. The first kappa shape index (κ1) is 40.9. The summed E-state index contributed by atoms with van der Waals surface area (Å²) in [5.74, 6) is -48.4. The lowest BCUT2D eigenvalue weighted by Gasteiger charge is -2.42. The molecule has 23 heteroatoms. The average molecular weight is 674 g/mol. The first-order chi connectivity index (χ1) is 17.1. The van der Waals surface area contributed by atoms with Gasteiger partial charge in [0.1, 0.15) is 11.5 Å². The normalized spacial score (nSPS) is 15.3. The standard InChI is InChI=1S/C9H19OS.C8HF17O3S/c1-5-11(6-2)7-9(10)8(3)4;9-1(10,3(13,14)5(17,18)7(21,22)23)2(11,12)4(15,16)6(19,20)8(24,25)29(26,27)28/h8H,5-7H2,1-4H3;(H,26,27,28)/q+1;/p-1. The predicted octanol–water partition coefficient (Wildman–Crippen LogP) is 6.37. The van der Waals surface area contributed by atoms with Crippen molar-refractivity contribution in [2.24, 2.45) is 5.92 Å². The van der Waals surface area contributed by atoms with E-state index in [0.717, 1.165) is 17.3 Å². The molecular weight excluding hydrogens is 655 g/mol. The van der Waals surface area contributed by atoms with Crippen molar-refractivity contribution in [3.63, 3.8) is 0 Å². The Morgan fingerprint density at radius 1 is 0.625 bits per heavy atom. The van der Waals surface area contributed by atoms with Gasteiger partial charge in [0.05, 0.1) is 0 Å². The van der Waals surface area contributed by atoms with Crippen molar-refractivity contribution in [3.8, 4) is 0 Å². The number of Topliss-reactive ketones (excluding diaryl/α,β-unsaturated/α-hetero) is 1. The second-order valence-electron chi connectivity index (χ2n) is 7.87. The highest BCUT2D eigenvalue weighted by atomic mass is 32.2. The number of carbonyl (C=O) groups is 1. The fraction of sp³-hybridized carbons (Fsp3) is 0.941. The maximum absolute atomic E-state index is 13.0. The average Bonchev–Trinajstić information content (AvgIpc) is 2.75. The van der Waals surface area contributed by atoms with Crippen molar-refractivity contribution in [2.45, 2.75) is 74.7 Å². The second kappa shape index (κ2) is 12.2. The van der Waals surface area contributed by atoms with Crippen LogP contribution in [0.4, 0.5) is 74.6 Å². The van der Waals surface area contributed by atoms with E-state index in [1.165, 1.54) is 0 Å². The van der Waals surface area contributed by atoms with E-state index in [9.17, 15) is 92.4 Å². The molecule has 0 fully saturated rings. The molecule has 0 aliphatic heterocycles. The van der Waals surface area contributed by atoms with Gasteiger partial charge in [0.25, 0.3) is 0 Å². The summed E-state index contributed by atoms with van der Waals surface area (Å²) < 4.78 is 244. The molecule has 0 bridgehead atoms. The zero-order valence-electron chi connectivity index (χ0n) is 20.1. The molecule has 40 heavy (non-hydrogen) atoms. The van der Waals surface area contributed by atoms with E-state index in [2.05, 4.69) is 13.8 Å². The molecule has 0 aromatic carbocycles. The first-order valence-electron chi connectivity index (χ1n) is 9.95. The highest BCUT2D eigenvalue weighted by Crippen LogP contribution is 2.64. The molecule has 0 saturated carbocycles. The van der Waals surface area contributed by atoms with Crippen LogP contribution in [0.25, 0.3) is 0 Å². The Bertz CT molecular complexity index is 971. The monoisotopic (exact) mass is 674 g/mol. The second-order valence-corrected chi connectivity index (χ2v) is 12.0. The minimum atomic E-state index is -8.92. The van der Waals surface area contributed by atoms with Gasteiger partial charge in [-0.3, -0.25) is 4.79 Å². The van der Waals surface area contributed by atoms with Crippen LogP contribution in [0.3, 0.4) is 0 Å². The molecule has 0 spiro atoms. The van der Waals surface area contributed by atoms with Crippen LogP contribution in [0.15, 0.2) is 0 Å². The number of halogens is 17. The molecule has 0 heterocycles. The van der Waals surface area contributed by atoms with E-state index in [1.54, 1.807) is 0 Å². The summed E-state index contributed by atoms with van der Waals surface area (Å²) in [7, 11) is -7.78. The molecular formula is C17H19F17O4S2. The zero-order valence-corrected chi connectivity index (χ0v) is 21.7. The molecule has 0 aliphatic rings. The molecule has 0 unspecified atom stereocenters. The lowest BCUT2D eigenvalue weighted by atomic mass is 9.91. The van der Waals surface area contributed by atoms with E-state index in [-0.39, 0.29) is 5.92 Å². The summed E-state index contributed by atoms with van der Waals surface area (Å²) >= 11 is 0. The Balaban J connectivity index is 0. The number of hydrogen-bond donors (Lipinski definition) is 0. The lowest BCUT2D eigenvalue weighted by Crippen LogP contribution is -2.75. The molecule has 0 amide bonds. The Morgan fingerprint density at radius 3 is 1.12 bits per heavy atom. The molecule has 0 atom stereocenters. The minimum absolute atomic E-state index is 0.225. The van der Waals surface area contributed by atoms with Crippen molar-refractivity contribution in [1.82, 2.24) is 0 Å². The van der Waals surface area contributed by atoms with Crippen molar-refractivity contribution in [2.75, 3.05) is 17.3 Å². The summed E-state index contributed by atoms with van der Waals surface area (Å²) in [5.41, 5.74) is 0. The van der Waals surface area contributed by atoms with Gasteiger partial charge >= 0.3 is 47.0 Å². The Kier molecular flexibility index (Phi) is 12.4. The molecule has 0 rings (SSSR count). The summed E-state index contributed by atoms with van der Waals surface area (Å²) in [6, 6.07) is 0. The van der Waals surface area contributed by atoms with Gasteiger partial charge in [-0.25, -0.2) is 8.42 Å². The van der Waals surface area contributed by atoms with Gasteiger partial charge in [-0.2, -0.15) is 74.6 Å². The quantitative estimate of drug-likeness (QED) is 0.137. The Morgan fingerprint density at radius 2 is 0.900 bits per heavy atom. The van der Waals surface area contributed by atoms with Gasteiger partial charge in [0.2, 0.25) is 0 Å². The zero-order chi connectivity index (χ0) is 33.4. The number of alkyl halides is 17. The van der Waals surface area contributed by atoms with Gasteiger partial charge in [0.15, 0.2) is 21.7 Å². The highest BCUT2D eigenvalue weighted by molar-refractivity contribution is 7.97. The number of carbonyl (C=O) groups excluding carboxylic acids is 1. The van der Waals surface area contributed by atoms with Gasteiger partial charge in [0, 0.05) is 5.92 Å². The third-order valence-corrected chi connectivity index (χ3v) is 8.02. The van der Waals surface area contributed by atoms with Crippen LogP contribution in [0, 0.1) is 5.92 Å². The molecule has 0 aromatic heterocycles. The van der Waals surface area contributed by atoms with Gasteiger partial charge in [-0.05, 0) is 24.7 Å². The Hall–Kier alpha value is -1.26. The predicted molar refractivity (Wildman–Crippen MR) is 104 cm³/mol. The molecule has 0 radical (unpaired) electrons. The molecule has 242 valence electrons. The minimum Gasteiger partial charge on any atom is -0.743 e. The SMILES string of the molecule is CC[S+](CC)CC(=O)C(C)C.O=S(=O)([O-])C(F)(F)C(F)(F)C(F)(F)C(F)(F)C(F)(F)C(F)(F)C(F)(F)C(F)(F)F. The van der Waals surface area contributed by atoms with Crippen molar-refractivity contribution < 1.29 is 92.4 Å². The summed E-state index contributed by atoms with van der Waals surface area (Å²) in [4.78, 5) is 11.3. The number of hydrogen-bond acceptors (Lipinski definition) is 4. The van der Waals surface area contributed by atoms with E-state index in [4.69, 9.17) is 0 Å². The third kappa shape index (κ3) is 6.86. The van der Waals surface area contributed by atoms with Crippen LogP contribution in [0.1, 0.15) is 27.7 Å². The van der Waals surface area contributed by atoms with Crippen LogP contribution in [-0.4, -0.2) is 83.0 Å². The van der Waals surface area contributed by atoms with Crippen LogP contribution in [0.5, 0.6) is 0 Å². The van der Waals surface area contributed by atoms with E-state index in [1.807, 2.05) is 13.8 Å². The molecule has 4 nitrogen and oxygen atoms in total. The van der Waals surface area contributed by atoms with Gasteiger partial charge < -0.3 is 4.55 Å². The lowest BCUT2D eigenvalue weighted by molar-refractivity contribution is -0.458. The highest BCUT2D eigenvalue weighted by Gasteiger charge is 2.95. The molecule has 0 aliphatic carbocycles. The summed E-state index contributed by atoms with van der Waals surface area (Å²) in [6.45, 7) is 8.30. The fourth-order valence-corrected chi connectivity index (χ4v) is 4.08. The maximum atomic E-state index is 13.0. The topological polar surface area (TPSA) is 74.3 Å². The van der Waals surface area contributed by atoms with Crippen LogP contribution < -0.4 is 0 Å². The largest absolute Gasteiger partial charge is 0.743 e. The number of rotatable bonds is 12. The first-order valence-corrected chi connectivity index (χ1v) is 13.1. The van der Waals surface area contributed by atoms with Gasteiger partial charge in [-0.1, -0.05) is 13.8 Å². The van der Waals surface area contributed by atoms with E-state index >= 15 is 0 Å². The van der Waals surface area contributed by atoms with Crippen LogP contribution in [-0.2, 0) is 25.8 Å². The Labute approximate surface area is 217 Å².